The van der Waals surface area contributed by atoms with Crippen molar-refractivity contribution in [2.75, 3.05) is 0 Å². The van der Waals surface area contributed by atoms with Crippen LogP contribution in [-0.4, -0.2) is 11.9 Å². The molecule has 20 heavy (non-hydrogen) atoms. The monoisotopic (exact) mass is 276 g/mol. The molecule has 0 saturated heterocycles. The SMILES string of the molecule is CC(C)Cc1ccc([C@H](N[C@@H](C)C(N)=O)C(C)C)cc1. The predicted octanol–water partition coefficient (Wildman–Crippen LogP) is 3.05. The largest absolute Gasteiger partial charge is 0.368 e. The van der Waals surface area contributed by atoms with Crippen LogP contribution >= 0.6 is 0 Å². The van der Waals surface area contributed by atoms with Gasteiger partial charge in [-0.15, -0.1) is 0 Å². The first-order valence-electron chi connectivity index (χ1n) is 7.45. The number of primary amides is 1. The zero-order valence-electron chi connectivity index (χ0n) is 13.3. The van der Waals surface area contributed by atoms with Gasteiger partial charge in [-0.2, -0.15) is 0 Å². The van der Waals surface area contributed by atoms with E-state index < -0.39 is 0 Å². The summed E-state index contributed by atoms with van der Waals surface area (Å²) in [4.78, 5) is 11.2. The minimum Gasteiger partial charge on any atom is -0.368 e. The highest BCUT2D eigenvalue weighted by Crippen LogP contribution is 2.23. The smallest absolute Gasteiger partial charge is 0.234 e. The average Bonchev–Trinajstić information content (AvgIpc) is 2.35. The van der Waals surface area contributed by atoms with Gasteiger partial charge in [0.1, 0.15) is 0 Å². The van der Waals surface area contributed by atoms with E-state index in [0.29, 0.717) is 11.8 Å². The molecule has 3 heteroatoms. The van der Waals surface area contributed by atoms with Crippen LogP contribution in [0.5, 0.6) is 0 Å². The number of benzene rings is 1. The summed E-state index contributed by atoms with van der Waals surface area (Å²) in [5, 5.41) is 3.32. The standard InChI is InChI=1S/C17H28N2O/c1-11(2)10-14-6-8-15(9-7-14)16(12(3)4)19-13(5)17(18)20/h6-9,11-13,16,19H,10H2,1-5H3,(H2,18,20)/t13-,16+/m0/s1. The van der Waals surface area contributed by atoms with Crippen molar-refractivity contribution in [1.29, 1.82) is 0 Å². The van der Waals surface area contributed by atoms with E-state index in [1.807, 2.05) is 6.92 Å². The van der Waals surface area contributed by atoms with Crippen molar-refractivity contribution in [3.05, 3.63) is 35.4 Å². The molecule has 0 aromatic heterocycles. The number of nitrogens with one attached hydrogen (secondary N) is 1. The fourth-order valence-corrected chi connectivity index (χ4v) is 2.36. The second-order valence-corrected chi connectivity index (χ2v) is 6.35. The van der Waals surface area contributed by atoms with Crippen molar-refractivity contribution < 1.29 is 4.79 Å². The van der Waals surface area contributed by atoms with Crippen molar-refractivity contribution in [1.82, 2.24) is 5.32 Å². The van der Waals surface area contributed by atoms with Crippen LogP contribution in [0.25, 0.3) is 0 Å². The molecule has 0 spiro atoms. The molecule has 3 N–H and O–H groups in total. The number of hydrogen-bond acceptors (Lipinski definition) is 2. The van der Waals surface area contributed by atoms with E-state index in [4.69, 9.17) is 5.73 Å². The summed E-state index contributed by atoms with van der Waals surface area (Å²) in [5.41, 5.74) is 7.90. The van der Waals surface area contributed by atoms with Gasteiger partial charge in [-0.3, -0.25) is 10.1 Å². The highest BCUT2D eigenvalue weighted by molar-refractivity contribution is 5.79. The third-order valence-electron chi connectivity index (χ3n) is 3.51. The summed E-state index contributed by atoms with van der Waals surface area (Å²) in [7, 11) is 0. The highest BCUT2D eigenvalue weighted by atomic mass is 16.1. The van der Waals surface area contributed by atoms with Gasteiger partial charge in [0.15, 0.2) is 0 Å². The van der Waals surface area contributed by atoms with Gasteiger partial charge in [-0.25, -0.2) is 0 Å². The van der Waals surface area contributed by atoms with Gasteiger partial charge in [0.25, 0.3) is 0 Å². The molecule has 112 valence electrons. The molecule has 0 saturated carbocycles. The van der Waals surface area contributed by atoms with E-state index >= 15 is 0 Å². The predicted molar refractivity (Wildman–Crippen MR) is 84.4 cm³/mol. The minimum atomic E-state index is -0.322. The molecule has 1 aromatic carbocycles. The lowest BCUT2D eigenvalue weighted by Crippen LogP contribution is -2.42. The molecule has 0 unspecified atom stereocenters. The molecule has 1 amide bonds. The molecule has 1 rings (SSSR count). The number of carbonyl (C=O) groups is 1. The van der Waals surface area contributed by atoms with Crippen LogP contribution in [0.3, 0.4) is 0 Å². The lowest BCUT2D eigenvalue weighted by atomic mass is 9.93. The average molecular weight is 276 g/mol. The van der Waals surface area contributed by atoms with Gasteiger partial charge in [0.05, 0.1) is 6.04 Å². The van der Waals surface area contributed by atoms with Crippen molar-refractivity contribution in [3.63, 3.8) is 0 Å². The summed E-state index contributed by atoms with van der Waals surface area (Å²) < 4.78 is 0. The zero-order chi connectivity index (χ0) is 15.3. The highest BCUT2D eigenvalue weighted by Gasteiger charge is 2.20. The molecular formula is C17H28N2O. The molecule has 0 aliphatic carbocycles. The summed E-state index contributed by atoms with van der Waals surface area (Å²) in [6, 6.07) is 8.50. The second-order valence-electron chi connectivity index (χ2n) is 6.35. The van der Waals surface area contributed by atoms with Gasteiger partial charge in [0.2, 0.25) is 5.91 Å². The van der Waals surface area contributed by atoms with Gasteiger partial charge < -0.3 is 5.73 Å². The van der Waals surface area contributed by atoms with Crippen LogP contribution in [-0.2, 0) is 11.2 Å². The zero-order valence-corrected chi connectivity index (χ0v) is 13.3. The number of amides is 1. The molecule has 1 aromatic rings. The summed E-state index contributed by atoms with van der Waals surface area (Å²) in [6.45, 7) is 10.5. The van der Waals surface area contributed by atoms with E-state index in [1.165, 1.54) is 11.1 Å². The Balaban J connectivity index is 2.84. The lowest BCUT2D eigenvalue weighted by Gasteiger charge is -2.26. The van der Waals surface area contributed by atoms with Crippen LogP contribution in [0.2, 0.25) is 0 Å². The first kappa shape index (κ1) is 16.7. The van der Waals surface area contributed by atoms with Crippen molar-refractivity contribution in [2.24, 2.45) is 17.6 Å². The Morgan fingerprint density at radius 1 is 1.10 bits per heavy atom. The number of carbonyl (C=O) groups excluding carboxylic acids is 1. The number of hydrogen-bond donors (Lipinski definition) is 2. The number of nitrogens with two attached hydrogens (primary N) is 1. The van der Waals surface area contributed by atoms with Crippen LogP contribution in [0.15, 0.2) is 24.3 Å². The maximum Gasteiger partial charge on any atom is 0.234 e. The summed E-state index contributed by atoms with van der Waals surface area (Å²) in [6.07, 6.45) is 1.09. The van der Waals surface area contributed by atoms with Crippen LogP contribution in [0, 0.1) is 11.8 Å². The molecule has 0 heterocycles. The van der Waals surface area contributed by atoms with Crippen LogP contribution in [0.4, 0.5) is 0 Å². The first-order valence-corrected chi connectivity index (χ1v) is 7.45. The minimum absolute atomic E-state index is 0.144. The Morgan fingerprint density at radius 3 is 2.05 bits per heavy atom. The van der Waals surface area contributed by atoms with Gasteiger partial charge in [-0.05, 0) is 36.3 Å². The van der Waals surface area contributed by atoms with E-state index in [2.05, 4.69) is 57.3 Å². The topological polar surface area (TPSA) is 55.1 Å². The molecule has 0 fully saturated rings. The number of rotatable bonds is 7. The normalized spacial score (nSPS) is 14.6. The van der Waals surface area contributed by atoms with Crippen LogP contribution in [0.1, 0.15) is 51.8 Å². The maximum atomic E-state index is 11.2. The van der Waals surface area contributed by atoms with Crippen LogP contribution < -0.4 is 11.1 Å². The Morgan fingerprint density at radius 2 is 1.65 bits per heavy atom. The fourth-order valence-electron chi connectivity index (χ4n) is 2.36. The quantitative estimate of drug-likeness (QED) is 0.804. The third-order valence-corrected chi connectivity index (χ3v) is 3.51. The van der Waals surface area contributed by atoms with Crippen molar-refractivity contribution in [2.45, 2.75) is 53.1 Å². The molecule has 0 bridgehead atoms. The lowest BCUT2D eigenvalue weighted by molar-refractivity contribution is -0.119. The summed E-state index contributed by atoms with van der Waals surface area (Å²) in [5.74, 6) is 0.745. The molecule has 0 aliphatic rings. The van der Waals surface area contributed by atoms with Gasteiger partial charge in [0, 0.05) is 6.04 Å². The van der Waals surface area contributed by atoms with Crippen molar-refractivity contribution >= 4 is 5.91 Å². The van der Waals surface area contributed by atoms with E-state index in [9.17, 15) is 4.79 Å². The van der Waals surface area contributed by atoms with Crippen molar-refractivity contribution in [3.8, 4) is 0 Å². The Labute approximate surface area is 122 Å². The van der Waals surface area contributed by atoms with E-state index in [0.717, 1.165) is 6.42 Å². The van der Waals surface area contributed by atoms with E-state index in [1.54, 1.807) is 0 Å². The third kappa shape index (κ3) is 4.97. The molecule has 2 atom stereocenters. The Bertz CT molecular complexity index is 423. The second kappa shape index (κ2) is 7.44. The van der Waals surface area contributed by atoms with Gasteiger partial charge in [-0.1, -0.05) is 52.0 Å². The molecular weight excluding hydrogens is 248 g/mol. The molecule has 0 radical (unpaired) electrons. The van der Waals surface area contributed by atoms with Gasteiger partial charge >= 0.3 is 0 Å². The molecule has 3 nitrogen and oxygen atoms in total. The Hall–Kier alpha value is -1.35. The maximum absolute atomic E-state index is 11.2. The Kier molecular flexibility index (Phi) is 6.21. The summed E-state index contributed by atoms with van der Waals surface area (Å²) >= 11 is 0. The fraction of sp³-hybridized carbons (Fsp3) is 0.588. The first-order chi connectivity index (χ1) is 9.31. The van der Waals surface area contributed by atoms with E-state index in [-0.39, 0.29) is 18.0 Å². The molecule has 0 aliphatic heterocycles.